The van der Waals surface area contributed by atoms with Gasteiger partial charge in [-0.25, -0.2) is 4.39 Å². The molecule has 0 aliphatic rings. The fraction of sp³-hybridized carbons (Fsp3) is 0.625. The van der Waals surface area contributed by atoms with Gasteiger partial charge in [0.05, 0.1) is 0 Å². The highest BCUT2D eigenvalue weighted by Gasteiger charge is 2.14. The Morgan fingerprint density at radius 3 is 2.53 bits per heavy atom. The molecule has 1 aromatic rings. The number of halogens is 2. The van der Waals surface area contributed by atoms with E-state index in [0.29, 0.717) is 6.04 Å². The number of unbranched alkanes of at least 4 members (excludes halogenated alkanes) is 1. The first-order chi connectivity index (χ1) is 9.08. The fourth-order valence-corrected chi connectivity index (χ4v) is 3.10. The highest BCUT2D eigenvalue weighted by Crippen LogP contribution is 2.25. The molecule has 1 rings (SSSR count). The molecule has 0 aromatic heterocycles. The molecule has 2 unspecified atom stereocenters. The van der Waals surface area contributed by atoms with Crippen LogP contribution in [0, 0.1) is 5.82 Å². The van der Waals surface area contributed by atoms with Crippen molar-refractivity contribution in [2.45, 2.75) is 65.0 Å². The molecule has 0 spiro atoms. The highest BCUT2D eigenvalue weighted by atomic mass is 79.9. The maximum absolute atomic E-state index is 13.1. The van der Waals surface area contributed by atoms with Crippen molar-refractivity contribution >= 4 is 15.9 Å². The minimum Gasteiger partial charge on any atom is -0.307 e. The Kier molecular flexibility index (Phi) is 7.62. The quantitative estimate of drug-likeness (QED) is 0.654. The average Bonchev–Trinajstić information content (AvgIpc) is 2.36. The van der Waals surface area contributed by atoms with Gasteiger partial charge in [0.25, 0.3) is 0 Å². The van der Waals surface area contributed by atoms with Crippen LogP contribution < -0.4 is 5.32 Å². The third-order valence-electron chi connectivity index (χ3n) is 3.46. The van der Waals surface area contributed by atoms with Gasteiger partial charge in [0.1, 0.15) is 5.82 Å². The third kappa shape index (κ3) is 5.62. The molecule has 1 aromatic carbocycles. The van der Waals surface area contributed by atoms with Crippen molar-refractivity contribution in [1.29, 1.82) is 0 Å². The molecule has 0 saturated carbocycles. The fourth-order valence-electron chi connectivity index (χ4n) is 2.41. The van der Waals surface area contributed by atoms with Crippen molar-refractivity contribution in [3.05, 3.63) is 34.1 Å². The van der Waals surface area contributed by atoms with E-state index in [1.807, 2.05) is 6.07 Å². The third-order valence-corrected chi connectivity index (χ3v) is 4.14. The summed E-state index contributed by atoms with van der Waals surface area (Å²) in [5, 5.41) is 3.68. The van der Waals surface area contributed by atoms with Crippen molar-refractivity contribution in [2.24, 2.45) is 0 Å². The molecular formula is C16H25BrFN. The largest absolute Gasteiger partial charge is 0.307 e. The highest BCUT2D eigenvalue weighted by molar-refractivity contribution is 9.10. The molecule has 19 heavy (non-hydrogen) atoms. The van der Waals surface area contributed by atoms with Gasteiger partial charge < -0.3 is 5.32 Å². The van der Waals surface area contributed by atoms with Crippen LogP contribution in [0.15, 0.2) is 22.7 Å². The summed E-state index contributed by atoms with van der Waals surface area (Å²) in [7, 11) is 0. The summed E-state index contributed by atoms with van der Waals surface area (Å²) in [6.07, 6.45) is 6.10. The van der Waals surface area contributed by atoms with Crippen LogP contribution in [-0.2, 0) is 0 Å². The van der Waals surface area contributed by atoms with Crippen molar-refractivity contribution in [2.75, 3.05) is 0 Å². The number of hydrogen-bond donors (Lipinski definition) is 1. The predicted molar refractivity (Wildman–Crippen MR) is 83.9 cm³/mol. The van der Waals surface area contributed by atoms with Crippen LogP contribution in [0.5, 0.6) is 0 Å². The second kappa shape index (κ2) is 8.70. The summed E-state index contributed by atoms with van der Waals surface area (Å²) in [4.78, 5) is 0. The summed E-state index contributed by atoms with van der Waals surface area (Å²) in [5.41, 5.74) is 1.12. The summed E-state index contributed by atoms with van der Waals surface area (Å²) in [5.74, 6) is -0.195. The molecule has 0 amide bonds. The van der Waals surface area contributed by atoms with Gasteiger partial charge in [-0.2, -0.15) is 0 Å². The van der Waals surface area contributed by atoms with Crippen LogP contribution in [0.1, 0.15) is 64.5 Å². The molecule has 0 aliphatic carbocycles. The molecule has 1 N–H and O–H groups in total. The van der Waals surface area contributed by atoms with Crippen molar-refractivity contribution in [1.82, 2.24) is 5.32 Å². The summed E-state index contributed by atoms with van der Waals surface area (Å²) in [6.45, 7) is 6.59. The summed E-state index contributed by atoms with van der Waals surface area (Å²) < 4.78 is 14.0. The molecule has 0 fully saturated rings. The van der Waals surface area contributed by atoms with Crippen molar-refractivity contribution in [3.63, 3.8) is 0 Å². The van der Waals surface area contributed by atoms with Crippen LogP contribution in [0.2, 0.25) is 0 Å². The molecular weight excluding hydrogens is 305 g/mol. The maximum atomic E-state index is 13.1. The lowest BCUT2D eigenvalue weighted by molar-refractivity contribution is 0.395. The lowest BCUT2D eigenvalue weighted by Crippen LogP contribution is -2.31. The Labute approximate surface area is 125 Å². The molecule has 0 radical (unpaired) electrons. The van der Waals surface area contributed by atoms with Gasteiger partial charge in [-0.15, -0.1) is 0 Å². The Morgan fingerprint density at radius 2 is 1.95 bits per heavy atom. The van der Waals surface area contributed by atoms with Gasteiger partial charge in [-0.1, -0.05) is 55.1 Å². The Morgan fingerprint density at radius 1 is 1.21 bits per heavy atom. The standard InChI is InChI=1S/C16H25BrFN/c1-4-6-8-14(7-5-2)19-12(3)15-10-9-13(18)11-16(15)17/h9-12,14,19H,4-8H2,1-3H3. The van der Waals surface area contributed by atoms with E-state index in [2.05, 4.69) is 42.0 Å². The smallest absolute Gasteiger partial charge is 0.124 e. The molecule has 0 heterocycles. The van der Waals surface area contributed by atoms with Crippen LogP contribution in [0.4, 0.5) is 4.39 Å². The minimum absolute atomic E-state index is 0.195. The molecule has 0 saturated heterocycles. The van der Waals surface area contributed by atoms with E-state index in [9.17, 15) is 4.39 Å². The first kappa shape index (κ1) is 16.6. The minimum atomic E-state index is -0.195. The Hall–Kier alpha value is -0.410. The summed E-state index contributed by atoms with van der Waals surface area (Å²) >= 11 is 3.45. The van der Waals surface area contributed by atoms with Crippen LogP contribution in [-0.4, -0.2) is 6.04 Å². The summed E-state index contributed by atoms with van der Waals surface area (Å²) in [6, 6.07) is 5.72. The number of benzene rings is 1. The zero-order chi connectivity index (χ0) is 14.3. The van der Waals surface area contributed by atoms with Crippen LogP contribution in [0.3, 0.4) is 0 Å². The topological polar surface area (TPSA) is 12.0 Å². The first-order valence-corrected chi connectivity index (χ1v) is 8.08. The number of rotatable bonds is 8. The normalized spacial score (nSPS) is 14.4. The van der Waals surface area contributed by atoms with E-state index in [1.54, 1.807) is 0 Å². The predicted octanol–water partition coefficient (Wildman–Crippen LogP) is 5.60. The molecule has 0 aliphatic heterocycles. The van der Waals surface area contributed by atoms with E-state index < -0.39 is 0 Å². The maximum Gasteiger partial charge on any atom is 0.124 e. The molecule has 2 atom stereocenters. The van der Waals surface area contributed by atoms with Crippen molar-refractivity contribution < 1.29 is 4.39 Å². The SMILES string of the molecule is CCCCC(CCC)NC(C)c1ccc(F)cc1Br. The first-order valence-electron chi connectivity index (χ1n) is 7.29. The molecule has 0 bridgehead atoms. The average molecular weight is 330 g/mol. The van der Waals surface area contributed by atoms with E-state index in [4.69, 9.17) is 0 Å². The van der Waals surface area contributed by atoms with E-state index in [0.717, 1.165) is 10.0 Å². The second-order valence-corrected chi connectivity index (χ2v) is 6.04. The molecule has 3 heteroatoms. The van der Waals surface area contributed by atoms with Gasteiger partial charge in [0.2, 0.25) is 0 Å². The Bertz CT molecular complexity index is 381. The Balaban J connectivity index is 2.66. The van der Waals surface area contributed by atoms with Gasteiger partial charge >= 0.3 is 0 Å². The van der Waals surface area contributed by atoms with Crippen LogP contribution in [0.25, 0.3) is 0 Å². The van der Waals surface area contributed by atoms with Gasteiger partial charge in [0.15, 0.2) is 0 Å². The van der Waals surface area contributed by atoms with Gasteiger partial charge in [-0.05, 0) is 37.5 Å². The zero-order valence-electron chi connectivity index (χ0n) is 12.2. The second-order valence-electron chi connectivity index (χ2n) is 5.18. The number of nitrogens with one attached hydrogen (secondary N) is 1. The molecule has 1 nitrogen and oxygen atoms in total. The lowest BCUT2D eigenvalue weighted by Gasteiger charge is -2.24. The van der Waals surface area contributed by atoms with Crippen molar-refractivity contribution in [3.8, 4) is 0 Å². The van der Waals surface area contributed by atoms with E-state index in [1.165, 1.54) is 44.2 Å². The van der Waals surface area contributed by atoms with E-state index in [-0.39, 0.29) is 11.9 Å². The van der Waals surface area contributed by atoms with Crippen LogP contribution >= 0.6 is 15.9 Å². The van der Waals surface area contributed by atoms with E-state index >= 15 is 0 Å². The molecule has 108 valence electrons. The lowest BCUT2D eigenvalue weighted by atomic mass is 10.0. The van der Waals surface area contributed by atoms with Gasteiger partial charge in [-0.3, -0.25) is 0 Å². The van der Waals surface area contributed by atoms with Gasteiger partial charge in [0, 0.05) is 16.6 Å². The number of hydrogen-bond acceptors (Lipinski definition) is 1. The zero-order valence-corrected chi connectivity index (χ0v) is 13.8. The monoisotopic (exact) mass is 329 g/mol.